The summed E-state index contributed by atoms with van der Waals surface area (Å²) in [7, 11) is 0. The van der Waals surface area contributed by atoms with Gasteiger partial charge < -0.3 is 32.5 Å². The molecular weight excluding hydrogens is 288 g/mol. The minimum atomic E-state index is 0.177. The van der Waals surface area contributed by atoms with Gasteiger partial charge in [0, 0.05) is 51.9 Å². The van der Waals surface area contributed by atoms with Crippen molar-refractivity contribution < 1.29 is 10.4 Å². The summed E-state index contributed by atoms with van der Waals surface area (Å²) in [4.78, 5) is 0. The molecule has 10 heteroatoms. The van der Waals surface area contributed by atoms with E-state index in [1.165, 1.54) is 0 Å². The van der Waals surface area contributed by atoms with Crippen molar-refractivity contribution in [3.8, 4) is 12.1 Å². The number of rotatable bonds is 10. The monoisotopic (exact) mass is 312 g/mol. The summed E-state index contributed by atoms with van der Waals surface area (Å²) < 4.78 is 0. The smallest absolute Gasteiger partial charge is 0.140 e. The summed E-state index contributed by atoms with van der Waals surface area (Å²) in [5.41, 5.74) is 10.4. The number of amidine groups is 2. The topological polar surface area (TPSA) is 189 Å². The lowest BCUT2D eigenvalue weighted by Crippen LogP contribution is -2.26. The zero-order valence-electron chi connectivity index (χ0n) is 12.5. The Kier molecular flexibility index (Phi) is 18.2. The molecule has 0 unspecified atom stereocenters. The molecule has 0 radical (unpaired) electrons. The van der Waals surface area contributed by atoms with E-state index < -0.39 is 0 Å². The molecule has 0 spiro atoms. The van der Waals surface area contributed by atoms with Gasteiger partial charge in [-0.2, -0.15) is 10.5 Å². The van der Waals surface area contributed by atoms with Gasteiger partial charge in [-0.25, -0.2) is 0 Å². The highest BCUT2D eigenvalue weighted by atomic mass is 16.4. The third-order valence-electron chi connectivity index (χ3n) is 2.20. The Labute approximate surface area is 130 Å². The van der Waals surface area contributed by atoms with E-state index in [0.29, 0.717) is 51.9 Å². The number of nitriles is 2. The van der Waals surface area contributed by atoms with Crippen LogP contribution in [0.1, 0.15) is 25.7 Å². The van der Waals surface area contributed by atoms with Crippen LogP contribution >= 0.6 is 0 Å². The van der Waals surface area contributed by atoms with Crippen LogP contribution in [0.5, 0.6) is 0 Å². The fourth-order valence-electron chi connectivity index (χ4n) is 1.07. The molecule has 0 aromatic heterocycles. The maximum Gasteiger partial charge on any atom is 0.140 e. The van der Waals surface area contributed by atoms with E-state index in [9.17, 15) is 0 Å². The predicted molar refractivity (Wildman–Crippen MR) is 82.3 cm³/mol. The van der Waals surface area contributed by atoms with Crippen molar-refractivity contribution in [3.63, 3.8) is 0 Å². The first-order valence-electron chi connectivity index (χ1n) is 6.70. The zero-order chi connectivity index (χ0) is 17.1. The van der Waals surface area contributed by atoms with Crippen molar-refractivity contribution in [2.75, 3.05) is 26.2 Å². The molecule has 0 aliphatic rings. The van der Waals surface area contributed by atoms with Gasteiger partial charge in [-0.05, 0) is 0 Å². The Morgan fingerprint density at radius 2 is 1.18 bits per heavy atom. The minimum Gasteiger partial charge on any atom is -0.409 e. The Morgan fingerprint density at radius 3 is 1.50 bits per heavy atom. The number of oxime groups is 2. The molecule has 124 valence electrons. The molecule has 0 saturated carbocycles. The maximum atomic E-state index is 8.18. The van der Waals surface area contributed by atoms with E-state index in [1.807, 2.05) is 12.1 Å². The lowest BCUT2D eigenvalue weighted by molar-refractivity contribution is 0.316. The third-order valence-corrected chi connectivity index (χ3v) is 2.20. The molecule has 0 atom stereocenters. The van der Waals surface area contributed by atoms with Crippen molar-refractivity contribution in [2.24, 2.45) is 21.8 Å². The first kappa shape index (κ1) is 21.7. The van der Waals surface area contributed by atoms with Gasteiger partial charge in [0.15, 0.2) is 0 Å². The summed E-state index contributed by atoms with van der Waals surface area (Å²) in [6.07, 6.45) is 1.97. The molecule has 0 aromatic rings. The van der Waals surface area contributed by atoms with E-state index in [1.54, 1.807) is 0 Å². The van der Waals surface area contributed by atoms with E-state index in [0.717, 1.165) is 0 Å². The van der Waals surface area contributed by atoms with Crippen LogP contribution in [-0.2, 0) is 0 Å². The highest BCUT2D eigenvalue weighted by Crippen LogP contribution is 1.79. The number of nitrogens with zero attached hydrogens (tertiary/aromatic N) is 4. The minimum absolute atomic E-state index is 0.177. The van der Waals surface area contributed by atoms with Gasteiger partial charge >= 0.3 is 0 Å². The zero-order valence-corrected chi connectivity index (χ0v) is 12.5. The molecule has 8 N–H and O–H groups in total. The van der Waals surface area contributed by atoms with Crippen molar-refractivity contribution in [1.82, 2.24) is 10.6 Å². The van der Waals surface area contributed by atoms with Crippen LogP contribution in [0.4, 0.5) is 0 Å². The fourth-order valence-corrected chi connectivity index (χ4v) is 1.07. The second-order valence-electron chi connectivity index (χ2n) is 4.00. The molecule has 10 nitrogen and oxygen atoms in total. The molecule has 0 rings (SSSR count). The van der Waals surface area contributed by atoms with E-state index in [-0.39, 0.29) is 11.7 Å². The average Bonchev–Trinajstić information content (AvgIpc) is 2.54. The summed E-state index contributed by atoms with van der Waals surface area (Å²) >= 11 is 0. The molecule has 0 heterocycles. The summed E-state index contributed by atoms with van der Waals surface area (Å²) in [6.45, 7) is 2.57. The van der Waals surface area contributed by atoms with E-state index in [4.69, 9.17) is 32.4 Å². The summed E-state index contributed by atoms with van der Waals surface area (Å²) in [6, 6.07) is 4.00. The predicted octanol–water partition coefficient (Wildman–Crippen LogP) is -0.748. The Hall–Kier alpha value is -2.56. The van der Waals surface area contributed by atoms with Crippen LogP contribution in [-0.4, -0.2) is 48.3 Å². The second-order valence-corrected chi connectivity index (χ2v) is 4.00. The van der Waals surface area contributed by atoms with Crippen LogP contribution in [0.25, 0.3) is 0 Å². The molecule has 0 saturated heterocycles. The molecule has 0 aliphatic carbocycles. The fraction of sp³-hybridized carbons (Fsp3) is 0.667. The number of nitrogens with one attached hydrogen (secondary N) is 2. The van der Waals surface area contributed by atoms with Gasteiger partial charge in [0.05, 0.1) is 12.1 Å². The largest absolute Gasteiger partial charge is 0.409 e. The number of nitrogens with two attached hydrogens (primary N) is 2. The van der Waals surface area contributed by atoms with Crippen LogP contribution in [0.15, 0.2) is 10.3 Å². The van der Waals surface area contributed by atoms with Crippen LogP contribution in [0.2, 0.25) is 0 Å². The van der Waals surface area contributed by atoms with Crippen LogP contribution < -0.4 is 22.1 Å². The first-order chi connectivity index (χ1) is 10.6. The van der Waals surface area contributed by atoms with Gasteiger partial charge in [0.25, 0.3) is 0 Å². The summed E-state index contributed by atoms with van der Waals surface area (Å²) in [5, 5.41) is 44.0. The van der Waals surface area contributed by atoms with Gasteiger partial charge in [-0.1, -0.05) is 10.3 Å². The van der Waals surface area contributed by atoms with Gasteiger partial charge in [-0.3, -0.25) is 0 Å². The van der Waals surface area contributed by atoms with Crippen LogP contribution in [0.3, 0.4) is 0 Å². The second kappa shape index (κ2) is 18.4. The molecule has 22 heavy (non-hydrogen) atoms. The lowest BCUT2D eigenvalue weighted by atomic mass is 10.3. The Balaban J connectivity index is 0. The molecule has 0 aliphatic heterocycles. The third kappa shape index (κ3) is 19.8. The highest BCUT2D eigenvalue weighted by Gasteiger charge is 1.94. The molecule has 0 amide bonds. The Bertz CT molecular complexity index is 361. The van der Waals surface area contributed by atoms with E-state index in [2.05, 4.69) is 20.9 Å². The van der Waals surface area contributed by atoms with Gasteiger partial charge in [0.2, 0.25) is 0 Å². The molecule has 0 fully saturated rings. The van der Waals surface area contributed by atoms with Crippen LogP contribution in [0, 0.1) is 22.7 Å². The summed E-state index contributed by atoms with van der Waals surface area (Å²) in [5.74, 6) is 0.354. The Morgan fingerprint density at radius 1 is 0.818 bits per heavy atom. The maximum absolute atomic E-state index is 8.18. The normalized spacial score (nSPS) is 11.0. The van der Waals surface area contributed by atoms with Gasteiger partial charge in [-0.15, -0.1) is 0 Å². The van der Waals surface area contributed by atoms with Gasteiger partial charge in [0.1, 0.15) is 11.7 Å². The molecular formula is C12H24N8O2. The van der Waals surface area contributed by atoms with Crippen molar-refractivity contribution in [1.29, 1.82) is 10.5 Å². The molecule has 0 bridgehead atoms. The first-order valence-corrected chi connectivity index (χ1v) is 6.70. The standard InChI is InChI=1S/C6H15N5O2.C6H9N3/c7-5(10-12)1-3-9-4-2-6(8)11-13;7-3-1-5-9-6-2-4-8/h9,12-13H,1-4H2,(H2,7,10)(H2,8,11);9H,1-2,5-6H2. The highest BCUT2D eigenvalue weighted by molar-refractivity contribution is 5.80. The average molecular weight is 312 g/mol. The van der Waals surface area contributed by atoms with Crippen molar-refractivity contribution in [2.45, 2.75) is 25.7 Å². The van der Waals surface area contributed by atoms with Crippen molar-refractivity contribution in [3.05, 3.63) is 0 Å². The van der Waals surface area contributed by atoms with E-state index >= 15 is 0 Å². The van der Waals surface area contributed by atoms with Crippen molar-refractivity contribution >= 4 is 11.7 Å². The quantitative estimate of drug-likeness (QED) is 0.0998. The number of hydrogen-bond acceptors (Lipinski definition) is 8. The lowest BCUT2D eigenvalue weighted by Gasteiger charge is -2.02. The number of hydrogen-bond donors (Lipinski definition) is 6. The SMILES string of the molecule is N#CCCNCCC#N.N/C(CCNCC/C(N)=N\O)=N\O. The molecule has 0 aromatic carbocycles.